The molecule has 6 nitrogen and oxygen atoms in total. The topological polar surface area (TPSA) is 60.9 Å². The number of carbonyl (C=O) groups excluding carboxylic acids is 3. The van der Waals surface area contributed by atoms with E-state index in [4.69, 9.17) is 0 Å². The molecule has 0 saturated carbocycles. The predicted octanol–water partition coefficient (Wildman–Crippen LogP) is 9.50. The molecule has 0 aromatic heterocycles. The van der Waals surface area contributed by atoms with Gasteiger partial charge in [-0.3, -0.25) is 14.4 Å². The third kappa shape index (κ3) is 11.0. The second-order valence-corrected chi connectivity index (χ2v) is 18.6. The van der Waals surface area contributed by atoms with Gasteiger partial charge in [-0.2, -0.15) is 0 Å². The normalized spacial score (nSPS) is 19.3. The molecule has 15 heteroatoms. The van der Waals surface area contributed by atoms with Crippen LogP contribution >= 0.6 is 101 Å². The molecule has 3 saturated heterocycles. The molecule has 198 valence electrons. The van der Waals surface area contributed by atoms with Gasteiger partial charge in [0.1, 0.15) is 0 Å². The van der Waals surface area contributed by atoms with Crippen LogP contribution in [0.1, 0.15) is 38.5 Å². The molecule has 36 heavy (non-hydrogen) atoms. The van der Waals surface area contributed by atoms with Crippen LogP contribution in [0.5, 0.6) is 0 Å². The van der Waals surface area contributed by atoms with E-state index in [1.165, 1.54) is 101 Å². The van der Waals surface area contributed by atoms with Gasteiger partial charge in [-0.25, -0.2) is 12.9 Å². The van der Waals surface area contributed by atoms with Crippen molar-refractivity contribution in [1.29, 1.82) is 0 Å². The Balaban J connectivity index is 1.32. The third-order valence-corrected chi connectivity index (χ3v) is 15.8. The Bertz CT molecular complexity index is 781. The fourth-order valence-corrected chi connectivity index (χ4v) is 12.8. The summed E-state index contributed by atoms with van der Waals surface area (Å²) in [5, 5.41) is 0. The van der Waals surface area contributed by atoms with Crippen LogP contribution in [0.4, 0.5) is 14.4 Å². The predicted molar refractivity (Wildman–Crippen MR) is 168 cm³/mol. The summed E-state index contributed by atoms with van der Waals surface area (Å²) < 4.78 is 6.62. The minimum Gasteiger partial charge on any atom is -0.272 e. The average molecular weight is 658 g/mol. The highest BCUT2D eigenvalue weighted by molar-refractivity contribution is 8.86. The highest BCUT2D eigenvalue weighted by Gasteiger charge is 2.20. The summed E-state index contributed by atoms with van der Waals surface area (Å²) in [5.41, 5.74) is 0. The molecule has 0 aliphatic carbocycles. The molecule has 0 amide bonds. The molecule has 3 fully saturated rings. The first kappa shape index (κ1) is 30.2. The van der Waals surface area contributed by atoms with Crippen LogP contribution in [0, 0.1) is 0 Å². The largest absolute Gasteiger partial charge is 0.272 e. The van der Waals surface area contributed by atoms with Crippen LogP contribution in [-0.2, 0) is 0 Å². The Labute approximate surface area is 249 Å². The number of nitrogens with zero attached hydrogens (tertiary/aromatic N) is 3. The first-order chi connectivity index (χ1) is 17.5. The number of benzene rings is 1. The summed E-state index contributed by atoms with van der Waals surface area (Å²) in [6.07, 6.45) is 6.90. The van der Waals surface area contributed by atoms with Crippen LogP contribution in [0.3, 0.4) is 0 Å². The quantitative estimate of drug-likeness (QED) is 0.187. The third-order valence-electron chi connectivity index (χ3n) is 5.28. The van der Waals surface area contributed by atoms with Crippen molar-refractivity contribution in [3.8, 4) is 0 Å². The molecule has 0 N–H and O–H groups in total. The number of carbonyl (C=O) groups is 3. The van der Waals surface area contributed by atoms with Gasteiger partial charge in [0.15, 0.2) is 0 Å². The lowest BCUT2D eigenvalue weighted by atomic mass is 10.4. The molecule has 0 bridgehead atoms. The number of rotatable bonds is 9. The monoisotopic (exact) mass is 657 g/mol. The number of hydrogen-bond donors (Lipinski definition) is 0. The highest BCUT2D eigenvalue weighted by atomic mass is 33.1. The van der Waals surface area contributed by atoms with Gasteiger partial charge in [0.2, 0.25) is 0 Å². The maximum Gasteiger partial charge on any atom is 0.271 e. The van der Waals surface area contributed by atoms with E-state index in [-0.39, 0.29) is 13.3 Å². The van der Waals surface area contributed by atoms with E-state index in [0.717, 1.165) is 92.5 Å². The van der Waals surface area contributed by atoms with Crippen molar-refractivity contribution in [2.45, 2.75) is 53.2 Å². The van der Waals surface area contributed by atoms with Crippen LogP contribution in [0.2, 0.25) is 0 Å². The molecule has 3 heterocycles. The Morgan fingerprint density at radius 3 is 0.972 bits per heavy atom. The first-order valence-electron chi connectivity index (χ1n) is 11.6. The zero-order chi connectivity index (χ0) is 25.2. The molecule has 0 atom stereocenters. The Kier molecular flexibility index (Phi) is 13.9. The van der Waals surface area contributed by atoms with Crippen LogP contribution < -0.4 is 0 Å². The summed E-state index contributed by atoms with van der Waals surface area (Å²) in [6.45, 7) is 5.81. The van der Waals surface area contributed by atoms with Crippen molar-refractivity contribution in [3.05, 3.63) is 18.2 Å². The van der Waals surface area contributed by atoms with Gasteiger partial charge in [0.25, 0.3) is 13.3 Å². The van der Waals surface area contributed by atoms with Gasteiger partial charge in [-0.1, -0.05) is 0 Å². The highest BCUT2D eigenvalue weighted by Crippen LogP contribution is 2.46. The number of hydrogen-bond acceptors (Lipinski definition) is 15. The smallest absolute Gasteiger partial charge is 0.271 e. The molecule has 0 unspecified atom stereocenters. The maximum absolute atomic E-state index is 12.4. The van der Waals surface area contributed by atoms with Crippen molar-refractivity contribution >= 4 is 114 Å². The molecule has 0 spiro atoms. The molecule has 4 rings (SSSR count). The molecule has 0 radical (unpaired) electrons. The van der Waals surface area contributed by atoms with Crippen LogP contribution in [0.15, 0.2) is 32.9 Å². The molecule has 3 aliphatic rings. The summed E-state index contributed by atoms with van der Waals surface area (Å²) in [5.74, 6) is 0. The molecule has 1 aromatic carbocycles. The molecule has 3 aliphatic heterocycles. The van der Waals surface area contributed by atoms with E-state index in [9.17, 15) is 14.4 Å². The van der Waals surface area contributed by atoms with Crippen LogP contribution in [-0.4, -0.2) is 65.5 Å². The molecule has 1 aromatic rings. The van der Waals surface area contributed by atoms with Gasteiger partial charge in [-0.05, 0) is 121 Å². The van der Waals surface area contributed by atoms with Gasteiger partial charge in [-0.15, -0.1) is 0 Å². The van der Waals surface area contributed by atoms with Crippen molar-refractivity contribution in [2.24, 2.45) is 0 Å². The van der Waals surface area contributed by atoms with E-state index in [1.807, 2.05) is 18.2 Å². The van der Waals surface area contributed by atoms with Gasteiger partial charge < -0.3 is 0 Å². The van der Waals surface area contributed by atoms with E-state index in [0.29, 0.717) is 0 Å². The summed E-state index contributed by atoms with van der Waals surface area (Å²) in [7, 11) is 8.03. The van der Waals surface area contributed by atoms with Gasteiger partial charge >= 0.3 is 0 Å². The van der Waals surface area contributed by atoms with Gasteiger partial charge in [0.05, 0.1) is 0 Å². The van der Waals surface area contributed by atoms with Crippen molar-refractivity contribution in [3.63, 3.8) is 0 Å². The first-order valence-corrected chi connectivity index (χ1v) is 20.4. The van der Waals surface area contributed by atoms with E-state index >= 15 is 0 Å². The van der Waals surface area contributed by atoms with E-state index < -0.39 is 0 Å². The second-order valence-electron chi connectivity index (χ2n) is 8.07. The van der Waals surface area contributed by atoms with Crippen molar-refractivity contribution < 1.29 is 14.4 Å². The summed E-state index contributed by atoms with van der Waals surface area (Å²) in [6, 6.07) is 6.06. The zero-order valence-electron chi connectivity index (χ0n) is 19.5. The molecular weight excluding hydrogens is 631 g/mol. The maximum atomic E-state index is 12.4. The lowest BCUT2D eigenvalue weighted by Crippen LogP contribution is -2.10. The van der Waals surface area contributed by atoms with Crippen molar-refractivity contribution in [2.75, 3.05) is 39.3 Å². The second kappa shape index (κ2) is 16.5. The Hall–Kier alpha value is 1.26. The van der Waals surface area contributed by atoms with E-state index in [2.05, 4.69) is 12.9 Å². The Morgan fingerprint density at radius 1 is 0.472 bits per heavy atom. The lowest BCUT2D eigenvalue weighted by molar-refractivity contribution is 0.275. The summed E-state index contributed by atoms with van der Waals surface area (Å²) >= 11 is 3.92. The fourth-order valence-electron chi connectivity index (χ4n) is 3.64. The Morgan fingerprint density at radius 2 is 0.722 bits per heavy atom. The van der Waals surface area contributed by atoms with Gasteiger partial charge in [0, 0.05) is 89.8 Å². The lowest BCUT2D eigenvalue weighted by Gasteiger charge is -2.12. The fraction of sp³-hybridized carbons (Fsp3) is 0.571. The zero-order valence-corrected chi connectivity index (χ0v) is 26.8. The molecular formula is C21H27N3O3S9. The standard InChI is InChI=1S/C21H27N3O3S9/c25-19(28-22-7-1-2-8-22)34-31-16-13-17(32-35-20(26)29-23-9-3-4-10-23)15-18(14-16)33-36-21(27)30-24-11-5-6-12-24/h13-15H,1-12H2. The van der Waals surface area contributed by atoms with Crippen LogP contribution in [0.25, 0.3) is 0 Å². The minimum absolute atomic E-state index is 0.0762. The summed E-state index contributed by atoms with van der Waals surface area (Å²) in [4.78, 5) is 40.2. The van der Waals surface area contributed by atoms with Crippen molar-refractivity contribution in [1.82, 2.24) is 12.9 Å². The minimum atomic E-state index is 0.0762. The average Bonchev–Trinajstić information content (AvgIpc) is 3.65. The van der Waals surface area contributed by atoms with E-state index in [1.54, 1.807) is 0 Å². The SMILES string of the molecule is O=C(SSc1cc(SSC(=O)SN2CCCC2)cc(SSC(=O)SN2CCCC2)c1)SN1CCCC1.